The maximum absolute atomic E-state index is 12.9. The highest BCUT2D eigenvalue weighted by Gasteiger charge is 2.20. The molecule has 0 aliphatic carbocycles. The second-order valence-electron chi connectivity index (χ2n) is 7.26. The average molecular weight is 413 g/mol. The Labute approximate surface area is 177 Å². The number of thioether (sulfide) groups is 1. The van der Waals surface area contributed by atoms with Gasteiger partial charge in [-0.05, 0) is 49.6 Å². The van der Waals surface area contributed by atoms with Crippen LogP contribution in [-0.2, 0) is 4.79 Å². The maximum atomic E-state index is 12.9. The van der Waals surface area contributed by atoms with Gasteiger partial charge in [-0.15, -0.1) is 11.8 Å². The van der Waals surface area contributed by atoms with E-state index >= 15 is 0 Å². The van der Waals surface area contributed by atoms with Crippen LogP contribution in [-0.4, -0.2) is 60.7 Å². The van der Waals surface area contributed by atoms with Gasteiger partial charge in [0.05, 0.1) is 17.9 Å². The topological polar surface area (TPSA) is 49.9 Å². The largest absolute Gasteiger partial charge is 0.492 e. The number of likely N-dealkylation sites (N-methyl/N-ethyl adjacent to an activating group) is 1. The van der Waals surface area contributed by atoms with E-state index in [0.717, 1.165) is 42.1 Å². The fourth-order valence-corrected chi connectivity index (χ4v) is 4.23. The smallest absolute Gasteiger partial charge is 0.254 e. The summed E-state index contributed by atoms with van der Waals surface area (Å²) >= 11 is 1.44. The number of carbonyl (C=O) groups is 2. The molecule has 5 nitrogen and oxygen atoms in total. The molecule has 154 valence electrons. The highest BCUT2D eigenvalue weighted by Crippen LogP contribution is 2.25. The first kappa shape index (κ1) is 21.2. The van der Waals surface area contributed by atoms with Crippen LogP contribution in [0, 0.1) is 6.92 Å². The highest BCUT2D eigenvalue weighted by molar-refractivity contribution is 8.00. The number of likely N-dealkylation sites (tertiary alicyclic amines) is 1. The van der Waals surface area contributed by atoms with E-state index in [9.17, 15) is 9.59 Å². The number of benzene rings is 2. The van der Waals surface area contributed by atoms with Crippen LogP contribution in [0.2, 0.25) is 0 Å². The van der Waals surface area contributed by atoms with Gasteiger partial charge in [-0.1, -0.05) is 24.3 Å². The number of rotatable bonds is 8. The molecule has 1 saturated heterocycles. The molecule has 29 heavy (non-hydrogen) atoms. The first-order chi connectivity index (χ1) is 14.0. The summed E-state index contributed by atoms with van der Waals surface area (Å²) in [6.07, 6.45) is 2.17. The van der Waals surface area contributed by atoms with Crippen molar-refractivity contribution in [1.29, 1.82) is 0 Å². The van der Waals surface area contributed by atoms with Crippen LogP contribution in [0.4, 0.5) is 0 Å². The lowest BCUT2D eigenvalue weighted by molar-refractivity contribution is -0.127. The molecule has 0 saturated carbocycles. The van der Waals surface area contributed by atoms with E-state index in [1.54, 1.807) is 11.9 Å². The Bertz CT molecular complexity index is 850. The van der Waals surface area contributed by atoms with Crippen molar-refractivity contribution in [3.63, 3.8) is 0 Å². The summed E-state index contributed by atoms with van der Waals surface area (Å²) in [6.45, 7) is 4.63. The minimum Gasteiger partial charge on any atom is -0.492 e. The Balaban J connectivity index is 1.54. The average Bonchev–Trinajstić information content (AvgIpc) is 3.27. The predicted molar refractivity (Wildman–Crippen MR) is 117 cm³/mol. The van der Waals surface area contributed by atoms with Crippen molar-refractivity contribution in [3.8, 4) is 5.75 Å². The molecule has 2 amide bonds. The molecule has 0 radical (unpaired) electrons. The highest BCUT2D eigenvalue weighted by atomic mass is 32.2. The Kier molecular flexibility index (Phi) is 7.58. The zero-order valence-electron chi connectivity index (χ0n) is 17.1. The SMILES string of the molecule is Cc1cccc(OCCN(C)C(=O)c2ccccc2SCC(=O)N2CCCC2)c1. The van der Waals surface area contributed by atoms with Crippen molar-refractivity contribution in [2.24, 2.45) is 0 Å². The summed E-state index contributed by atoms with van der Waals surface area (Å²) in [6, 6.07) is 15.4. The van der Waals surface area contributed by atoms with Gasteiger partial charge in [0.2, 0.25) is 5.91 Å². The van der Waals surface area contributed by atoms with E-state index < -0.39 is 0 Å². The molecular weight excluding hydrogens is 384 g/mol. The first-order valence-corrected chi connectivity index (χ1v) is 11.0. The molecule has 1 aliphatic rings. The number of aryl methyl sites for hydroxylation is 1. The van der Waals surface area contributed by atoms with Crippen molar-refractivity contribution in [1.82, 2.24) is 9.80 Å². The predicted octanol–water partition coefficient (Wildman–Crippen LogP) is 3.86. The second kappa shape index (κ2) is 10.3. The molecule has 0 unspecified atom stereocenters. The molecule has 0 N–H and O–H groups in total. The lowest BCUT2D eigenvalue weighted by atomic mass is 10.2. The maximum Gasteiger partial charge on any atom is 0.254 e. The first-order valence-electron chi connectivity index (χ1n) is 9.99. The monoisotopic (exact) mass is 412 g/mol. The van der Waals surface area contributed by atoms with E-state index in [-0.39, 0.29) is 11.8 Å². The molecule has 0 spiro atoms. The fraction of sp³-hybridized carbons (Fsp3) is 0.391. The standard InChI is InChI=1S/C23H28N2O3S/c1-18-8-7-9-19(16-18)28-15-14-24(2)23(27)20-10-3-4-11-21(20)29-17-22(26)25-12-5-6-13-25/h3-4,7-11,16H,5-6,12-15,17H2,1-2H3. The van der Waals surface area contributed by atoms with Gasteiger partial charge < -0.3 is 14.5 Å². The van der Waals surface area contributed by atoms with Gasteiger partial charge in [0.25, 0.3) is 5.91 Å². The van der Waals surface area contributed by atoms with Gasteiger partial charge >= 0.3 is 0 Å². The number of hydrogen-bond acceptors (Lipinski definition) is 4. The molecule has 1 fully saturated rings. The van der Waals surface area contributed by atoms with Crippen LogP contribution in [0.3, 0.4) is 0 Å². The van der Waals surface area contributed by atoms with Crippen molar-refractivity contribution < 1.29 is 14.3 Å². The zero-order valence-corrected chi connectivity index (χ0v) is 17.9. The van der Waals surface area contributed by atoms with E-state index in [1.807, 2.05) is 60.4 Å². The molecule has 1 aliphatic heterocycles. The molecule has 0 atom stereocenters. The van der Waals surface area contributed by atoms with Crippen LogP contribution in [0.5, 0.6) is 5.75 Å². The number of hydrogen-bond donors (Lipinski definition) is 0. The molecule has 6 heteroatoms. The number of amides is 2. The zero-order chi connectivity index (χ0) is 20.6. The summed E-state index contributed by atoms with van der Waals surface area (Å²) in [4.78, 5) is 29.7. The van der Waals surface area contributed by atoms with E-state index in [0.29, 0.717) is 24.5 Å². The van der Waals surface area contributed by atoms with Gasteiger partial charge in [0.1, 0.15) is 12.4 Å². The Morgan fingerprint density at radius 1 is 1.10 bits per heavy atom. The number of nitrogens with zero attached hydrogens (tertiary/aromatic N) is 2. The van der Waals surface area contributed by atoms with Crippen LogP contribution in [0.25, 0.3) is 0 Å². The fourth-order valence-electron chi connectivity index (χ4n) is 3.28. The van der Waals surface area contributed by atoms with Gasteiger partial charge in [0, 0.05) is 25.0 Å². The van der Waals surface area contributed by atoms with E-state index in [1.165, 1.54) is 11.8 Å². The molecule has 2 aromatic rings. The lowest BCUT2D eigenvalue weighted by Crippen LogP contribution is -2.31. The number of ether oxygens (including phenoxy) is 1. The van der Waals surface area contributed by atoms with Crippen molar-refractivity contribution in [2.45, 2.75) is 24.7 Å². The second-order valence-corrected chi connectivity index (χ2v) is 8.28. The van der Waals surface area contributed by atoms with Crippen molar-refractivity contribution in [3.05, 3.63) is 59.7 Å². The summed E-state index contributed by atoms with van der Waals surface area (Å²) in [7, 11) is 1.78. The summed E-state index contributed by atoms with van der Waals surface area (Å²) in [5, 5.41) is 0. The summed E-state index contributed by atoms with van der Waals surface area (Å²) in [5.41, 5.74) is 1.77. The lowest BCUT2D eigenvalue weighted by Gasteiger charge is -2.20. The Morgan fingerprint density at radius 2 is 1.86 bits per heavy atom. The van der Waals surface area contributed by atoms with Gasteiger partial charge in [-0.3, -0.25) is 9.59 Å². The van der Waals surface area contributed by atoms with Crippen LogP contribution in [0.15, 0.2) is 53.4 Å². The third-order valence-corrected chi connectivity index (χ3v) is 6.02. The van der Waals surface area contributed by atoms with Crippen molar-refractivity contribution in [2.75, 3.05) is 39.0 Å². The molecule has 1 heterocycles. The Morgan fingerprint density at radius 3 is 2.62 bits per heavy atom. The van der Waals surface area contributed by atoms with Crippen molar-refractivity contribution >= 4 is 23.6 Å². The van der Waals surface area contributed by atoms with Crippen LogP contribution in [0.1, 0.15) is 28.8 Å². The minimum absolute atomic E-state index is 0.0606. The quantitative estimate of drug-likeness (QED) is 0.618. The van der Waals surface area contributed by atoms with E-state index in [4.69, 9.17) is 4.74 Å². The summed E-state index contributed by atoms with van der Waals surface area (Å²) < 4.78 is 5.76. The van der Waals surface area contributed by atoms with Gasteiger partial charge in [-0.25, -0.2) is 0 Å². The molecular formula is C23H28N2O3S. The Hall–Kier alpha value is -2.47. The van der Waals surface area contributed by atoms with Gasteiger partial charge in [0.15, 0.2) is 0 Å². The molecule has 3 rings (SSSR count). The normalized spacial score (nSPS) is 13.4. The molecule has 0 aromatic heterocycles. The van der Waals surface area contributed by atoms with Crippen LogP contribution < -0.4 is 4.74 Å². The molecule has 2 aromatic carbocycles. The third-order valence-electron chi connectivity index (χ3n) is 4.96. The molecule has 0 bridgehead atoms. The van der Waals surface area contributed by atoms with Crippen LogP contribution >= 0.6 is 11.8 Å². The summed E-state index contributed by atoms with van der Waals surface area (Å²) in [5.74, 6) is 1.26. The number of carbonyl (C=O) groups excluding carboxylic acids is 2. The van der Waals surface area contributed by atoms with E-state index in [2.05, 4.69) is 0 Å². The third kappa shape index (κ3) is 6.00. The minimum atomic E-state index is -0.0606. The van der Waals surface area contributed by atoms with Gasteiger partial charge in [-0.2, -0.15) is 0 Å².